The molecule has 0 aromatic heterocycles. The molecule has 2 rings (SSSR count). The minimum absolute atomic E-state index is 0.484. The predicted molar refractivity (Wildman–Crippen MR) is 66.7 cm³/mol. The Hall–Kier alpha value is -0.380. The lowest BCUT2D eigenvalue weighted by Gasteiger charge is -2.28. The number of hydrogen-bond acceptors (Lipinski definition) is 3. The van der Waals surface area contributed by atoms with Crippen LogP contribution in [0.15, 0.2) is 11.1 Å². The fourth-order valence-corrected chi connectivity index (χ4v) is 2.38. The van der Waals surface area contributed by atoms with Gasteiger partial charge < -0.3 is 10.1 Å². The molecule has 1 N–H and O–H groups in total. The fourth-order valence-electron chi connectivity index (χ4n) is 2.38. The lowest BCUT2D eigenvalue weighted by molar-refractivity contribution is 0.0776. The molecule has 0 spiro atoms. The molecule has 0 amide bonds. The highest BCUT2D eigenvalue weighted by Gasteiger charge is 2.19. The van der Waals surface area contributed by atoms with Crippen molar-refractivity contribution in [2.45, 2.75) is 32.8 Å². The maximum absolute atomic E-state index is 5.70. The van der Waals surface area contributed by atoms with Crippen LogP contribution in [0.25, 0.3) is 0 Å². The van der Waals surface area contributed by atoms with Crippen molar-refractivity contribution in [1.29, 1.82) is 0 Å². The zero-order chi connectivity index (χ0) is 11.4. The van der Waals surface area contributed by atoms with E-state index in [-0.39, 0.29) is 0 Å². The van der Waals surface area contributed by atoms with Crippen LogP contribution in [0.5, 0.6) is 0 Å². The van der Waals surface area contributed by atoms with Crippen molar-refractivity contribution in [3.05, 3.63) is 11.1 Å². The van der Waals surface area contributed by atoms with Crippen molar-refractivity contribution >= 4 is 0 Å². The van der Waals surface area contributed by atoms with Crippen LogP contribution < -0.4 is 5.32 Å². The van der Waals surface area contributed by atoms with E-state index < -0.39 is 0 Å². The third kappa shape index (κ3) is 3.06. The molecule has 3 heteroatoms. The summed E-state index contributed by atoms with van der Waals surface area (Å²) >= 11 is 0. The summed E-state index contributed by atoms with van der Waals surface area (Å²) in [6.45, 7) is 11.0. The van der Waals surface area contributed by atoms with Crippen LogP contribution >= 0.6 is 0 Å². The van der Waals surface area contributed by atoms with Crippen molar-refractivity contribution in [1.82, 2.24) is 10.2 Å². The molecule has 92 valence electrons. The van der Waals surface area contributed by atoms with Gasteiger partial charge in [0, 0.05) is 32.8 Å². The Morgan fingerprint density at radius 1 is 1.50 bits per heavy atom. The van der Waals surface area contributed by atoms with Gasteiger partial charge in [0.05, 0.1) is 6.10 Å². The highest BCUT2D eigenvalue weighted by atomic mass is 16.5. The quantitative estimate of drug-likeness (QED) is 0.715. The van der Waals surface area contributed by atoms with Crippen molar-refractivity contribution < 1.29 is 4.74 Å². The Labute approximate surface area is 98.8 Å². The van der Waals surface area contributed by atoms with Crippen LogP contribution in [0, 0.1) is 0 Å². The van der Waals surface area contributed by atoms with Crippen LogP contribution in [0.4, 0.5) is 0 Å². The number of likely N-dealkylation sites (N-methyl/N-ethyl adjacent to an activating group) is 1. The Morgan fingerprint density at radius 2 is 2.31 bits per heavy atom. The molecule has 2 saturated heterocycles. The van der Waals surface area contributed by atoms with E-state index in [2.05, 4.69) is 24.1 Å². The van der Waals surface area contributed by atoms with Gasteiger partial charge in [-0.1, -0.05) is 12.5 Å². The standard InChI is InChI=1S/C13H24N2O/c1-3-15(10-13-5-4-6-16-13)9-11(2)12-7-14-8-12/h13-14H,3-10H2,1-2H3. The largest absolute Gasteiger partial charge is 0.377 e. The Balaban J connectivity index is 1.80. The van der Waals surface area contributed by atoms with Gasteiger partial charge in [0.1, 0.15) is 0 Å². The molecule has 0 radical (unpaired) electrons. The summed E-state index contributed by atoms with van der Waals surface area (Å²) in [5, 5.41) is 3.31. The van der Waals surface area contributed by atoms with E-state index in [9.17, 15) is 0 Å². The van der Waals surface area contributed by atoms with Crippen LogP contribution in [0.1, 0.15) is 26.7 Å². The maximum Gasteiger partial charge on any atom is 0.0702 e. The third-order valence-corrected chi connectivity index (χ3v) is 3.67. The molecule has 0 aliphatic carbocycles. The highest BCUT2D eigenvalue weighted by molar-refractivity contribution is 5.22. The van der Waals surface area contributed by atoms with E-state index >= 15 is 0 Å². The van der Waals surface area contributed by atoms with Crippen molar-refractivity contribution in [2.24, 2.45) is 0 Å². The lowest BCUT2D eigenvalue weighted by Crippen LogP contribution is -2.38. The molecular formula is C13H24N2O. The van der Waals surface area contributed by atoms with Crippen LogP contribution in [0.2, 0.25) is 0 Å². The average molecular weight is 224 g/mol. The normalized spacial score (nSPS) is 24.9. The van der Waals surface area contributed by atoms with E-state index in [4.69, 9.17) is 4.74 Å². The predicted octanol–water partition coefficient (Wildman–Crippen LogP) is 1.41. The average Bonchev–Trinajstić information content (AvgIpc) is 2.66. The first-order chi connectivity index (χ1) is 7.79. The molecule has 2 heterocycles. The second kappa shape index (κ2) is 5.80. The molecule has 1 atom stereocenters. The molecule has 0 bridgehead atoms. The van der Waals surface area contributed by atoms with Gasteiger partial charge in [-0.25, -0.2) is 0 Å². The van der Waals surface area contributed by atoms with Gasteiger partial charge in [-0.05, 0) is 31.9 Å². The van der Waals surface area contributed by atoms with Gasteiger partial charge in [0.15, 0.2) is 0 Å². The van der Waals surface area contributed by atoms with Crippen LogP contribution in [-0.4, -0.2) is 50.3 Å². The van der Waals surface area contributed by atoms with Gasteiger partial charge in [-0.3, -0.25) is 4.90 Å². The van der Waals surface area contributed by atoms with Gasteiger partial charge in [-0.2, -0.15) is 0 Å². The van der Waals surface area contributed by atoms with E-state index in [0.717, 1.165) is 39.3 Å². The van der Waals surface area contributed by atoms with Crippen LogP contribution in [-0.2, 0) is 4.74 Å². The Morgan fingerprint density at radius 3 is 2.81 bits per heavy atom. The summed E-state index contributed by atoms with van der Waals surface area (Å²) in [5.74, 6) is 0. The van der Waals surface area contributed by atoms with Crippen molar-refractivity contribution in [3.8, 4) is 0 Å². The molecular weight excluding hydrogens is 200 g/mol. The fraction of sp³-hybridized carbons (Fsp3) is 0.846. The second-order valence-corrected chi connectivity index (χ2v) is 4.95. The smallest absolute Gasteiger partial charge is 0.0702 e. The lowest BCUT2D eigenvalue weighted by atomic mass is 10.0. The zero-order valence-electron chi connectivity index (χ0n) is 10.6. The summed E-state index contributed by atoms with van der Waals surface area (Å²) in [6, 6.07) is 0. The minimum Gasteiger partial charge on any atom is -0.377 e. The first-order valence-corrected chi connectivity index (χ1v) is 6.51. The van der Waals surface area contributed by atoms with Crippen LogP contribution in [0.3, 0.4) is 0 Å². The van der Waals surface area contributed by atoms with Crippen molar-refractivity contribution in [3.63, 3.8) is 0 Å². The number of hydrogen-bond donors (Lipinski definition) is 1. The monoisotopic (exact) mass is 224 g/mol. The van der Waals surface area contributed by atoms with E-state index in [1.165, 1.54) is 12.8 Å². The third-order valence-electron chi connectivity index (χ3n) is 3.67. The second-order valence-electron chi connectivity index (χ2n) is 4.95. The highest BCUT2D eigenvalue weighted by Crippen LogP contribution is 2.15. The summed E-state index contributed by atoms with van der Waals surface area (Å²) in [7, 11) is 0. The first kappa shape index (κ1) is 12.1. The van der Waals surface area contributed by atoms with Gasteiger partial charge in [0.2, 0.25) is 0 Å². The number of nitrogens with one attached hydrogen (secondary N) is 1. The molecule has 16 heavy (non-hydrogen) atoms. The topological polar surface area (TPSA) is 24.5 Å². The van der Waals surface area contributed by atoms with Gasteiger partial charge >= 0.3 is 0 Å². The number of ether oxygens (including phenoxy) is 1. The maximum atomic E-state index is 5.70. The molecule has 0 saturated carbocycles. The Kier molecular flexibility index (Phi) is 4.38. The van der Waals surface area contributed by atoms with Crippen molar-refractivity contribution in [2.75, 3.05) is 39.3 Å². The molecule has 1 unspecified atom stereocenters. The van der Waals surface area contributed by atoms with E-state index in [1.807, 2.05) is 0 Å². The minimum atomic E-state index is 0.484. The van der Waals surface area contributed by atoms with Gasteiger partial charge in [0.25, 0.3) is 0 Å². The number of rotatable bonds is 5. The summed E-state index contributed by atoms with van der Waals surface area (Å²) in [5.41, 5.74) is 3.16. The summed E-state index contributed by atoms with van der Waals surface area (Å²) < 4.78 is 5.70. The zero-order valence-corrected chi connectivity index (χ0v) is 10.6. The summed E-state index contributed by atoms with van der Waals surface area (Å²) in [6.07, 6.45) is 2.97. The Bertz CT molecular complexity index is 251. The molecule has 0 aromatic carbocycles. The summed E-state index contributed by atoms with van der Waals surface area (Å²) in [4.78, 5) is 2.51. The van der Waals surface area contributed by atoms with E-state index in [1.54, 1.807) is 11.1 Å². The molecule has 2 fully saturated rings. The number of nitrogens with zero attached hydrogens (tertiary/aromatic N) is 1. The molecule has 0 aromatic rings. The van der Waals surface area contributed by atoms with Gasteiger partial charge in [-0.15, -0.1) is 0 Å². The van der Waals surface area contributed by atoms with E-state index in [0.29, 0.717) is 6.10 Å². The first-order valence-electron chi connectivity index (χ1n) is 6.51. The SMILES string of the molecule is CCN(CC(C)=C1CNC1)CC1CCCO1. The molecule has 3 nitrogen and oxygen atoms in total. The molecule has 2 aliphatic rings. The molecule has 2 aliphatic heterocycles.